The average Bonchev–Trinajstić information content (AvgIpc) is 3.10. The van der Waals surface area contributed by atoms with Gasteiger partial charge in [0.1, 0.15) is 0 Å². The molecule has 0 unspecified atom stereocenters. The Morgan fingerprint density at radius 1 is 1.17 bits per heavy atom. The van der Waals surface area contributed by atoms with Gasteiger partial charge in [-0.25, -0.2) is 0 Å². The van der Waals surface area contributed by atoms with Crippen molar-refractivity contribution in [1.82, 2.24) is 14.3 Å². The summed E-state index contributed by atoms with van der Waals surface area (Å²) in [5, 5.41) is 5.00. The van der Waals surface area contributed by atoms with Crippen molar-refractivity contribution in [2.24, 2.45) is 12.0 Å². The third-order valence-electron chi connectivity index (χ3n) is 3.81. The Morgan fingerprint density at radius 3 is 2.52 bits per heavy atom. The SMILES string of the molecule is C=N/C=C\c1cc(-c2ccnn2C)n(-c2ccc(Cl)cc2)c1C. The minimum Gasteiger partial charge on any atom is -0.312 e. The van der Waals surface area contributed by atoms with Crippen molar-refractivity contribution < 1.29 is 0 Å². The van der Waals surface area contributed by atoms with Crippen molar-refractivity contribution in [2.45, 2.75) is 6.92 Å². The second-order valence-electron chi connectivity index (χ2n) is 5.22. The molecule has 23 heavy (non-hydrogen) atoms. The standard InChI is InChI=1S/C18H17ClN4/c1-13-14(8-10-20-2)12-18(17-9-11-21-22(17)3)23(13)16-6-4-15(19)5-7-16/h4-12H,2H2,1,3H3/b10-8-. The van der Waals surface area contributed by atoms with E-state index in [1.165, 1.54) is 0 Å². The molecule has 0 saturated heterocycles. The van der Waals surface area contributed by atoms with Crippen LogP contribution in [0.1, 0.15) is 11.3 Å². The van der Waals surface area contributed by atoms with Crippen LogP contribution in [0, 0.1) is 6.92 Å². The highest BCUT2D eigenvalue weighted by Gasteiger charge is 2.15. The van der Waals surface area contributed by atoms with Crippen LogP contribution >= 0.6 is 11.6 Å². The van der Waals surface area contributed by atoms with Crippen LogP contribution < -0.4 is 0 Å². The summed E-state index contributed by atoms with van der Waals surface area (Å²) >= 11 is 6.02. The van der Waals surface area contributed by atoms with Crippen LogP contribution in [0.5, 0.6) is 0 Å². The first-order valence-electron chi connectivity index (χ1n) is 7.21. The molecule has 0 fully saturated rings. The maximum absolute atomic E-state index is 6.02. The van der Waals surface area contributed by atoms with Crippen LogP contribution in [-0.2, 0) is 7.05 Å². The number of hydrogen-bond donors (Lipinski definition) is 0. The smallest absolute Gasteiger partial charge is 0.0847 e. The van der Waals surface area contributed by atoms with Crippen molar-refractivity contribution in [3.63, 3.8) is 0 Å². The molecule has 0 bridgehead atoms. The molecule has 0 aliphatic carbocycles. The van der Waals surface area contributed by atoms with Crippen molar-refractivity contribution in [2.75, 3.05) is 0 Å². The van der Waals surface area contributed by atoms with Gasteiger partial charge in [-0.15, -0.1) is 0 Å². The molecule has 0 saturated carbocycles. The molecular formula is C18H17ClN4. The van der Waals surface area contributed by atoms with Gasteiger partial charge < -0.3 is 4.57 Å². The topological polar surface area (TPSA) is 35.1 Å². The van der Waals surface area contributed by atoms with E-state index in [4.69, 9.17) is 11.6 Å². The van der Waals surface area contributed by atoms with Gasteiger partial charge in [-0.3, -0.25) is 9.67 Å². The van der Waals surface area contributed by atoms with Crippen molar-refractivity contribution in [3.05, 3.63) is 65.1 Å². The van der Waals surface area contributed by atoms with Crippen LogP contribution in [0.2, 0.25) is 5.02 Å². The minimum absolute atomic E-state index is 0.719. The Hall–Kier alpha value is -2.59. The van der Waals surface area contributed by atoms with Crippen LogP contribution in [0.25, 0.3) is 23.2 Å². The molecule has 4 nitrogen and oxygen atoms in total. The molecule has 0 radical (unpaired) electrons. The summed E-state index contributed by atoms with van der Waals surface area (Å²) in [5.74, 6) is 0. The van der Waals surface area contributed by atoms with Crippen LogP contribution in [0.4, 0.5) is 0 Å². The fraction of sp³-hybridized carbons (Fsp3) is 0.111. The number of aliphatic imine (C=N–C) groups is 1. The van der Waals surface area contributed by atoms with Gasteiger partial charge in [-0.1, -0.05) is 11.6 Å². The highest BCUT2D eigenvalue weighted by atomic mass is 35.5. The summed E-state index contributed by atoms with van der Waals surface area (Å²) in [5.41, 5.74) is 5.35. The monoisotopic (exact) mass is 324 g/mol. The summed E-state index contributed by atoms with van der Waals surface area (Å²) in [6, 6.07) is 11.9. The molecule has 0 aliphatic rings. The quantitative estimate of drug-likeness (QED) is 0.650. The first-order valence-corrected chi connectivity index (χ1v) is 7.58. The third-order valence-corrected chi connectivity index (χ3v) is 4.07. The van der Waals surface area contributed by atoms with Gasteiger partial charge in [-0.2, -0.15) is 5.10 Å². The van der Waals surface area contributed by atoms with Crippen molar-refractivity contribution in [1.29, 1.82) is 0 Å². The molecule has 0 spiro atoms. The molecule has 3 aromatic rings. The van der Waals surface area contributed by atoms with Gasteiger partial charge in [0.05, 0.1) is 11.4 Å². The van der Waals surface area contributed by atoms with Crippen LogP contribution in [0.3, 0.4) is 0 Å². The second-order valence-corrected chi connectivity index (χ2v) is 5.66. The number of rotatable bonds is 4. The normalized spacial score (nSPS) is 11.3. The maximum atomic E-state index is 6.02. The van der Waals surface area contributed by atoms with Gasteiger partial charge in [0.2, 0.25) is 0 Å². The third kappa shape index (κ3) is 2.85. The number of aryl methyl sites for hydroxylation is 1. The van der Waals surface area contributed by atoms with Gasteiger partial charge in [0.25, 0.3) is 0 Å². The Morgan fingerprint density at radius 2 is 1.91 bits per heavy atom. The van der Waals surface area contributed by atoms with Gasteiger partial charge >= 0.3 is 0 Å². The average molecular weight is 325 g/mol. The first-order chi connectivity index (χ1) is 11.1. The van der Waals surface area contributed by atoms with E-state index in [2.05, 4.69) is 34.4 Å². The molecule has 0 amide bonds. The second kappa shape index (κ2) is 6.26. The molecule has 0 N–H and O–H groups in total. The van der Waals surface area contributed by atoms with E-state index in [1.807, 2.05) is 48.1 Å². The highest BCUT2D eigenvalue weighted by molar-refractivity contribution is 6.30. The molecular weight excluding hydrogens is 308 g/mol. The molecule has 0 atom stereocenters. The van der Waals surface area contributed by atoms with Crippen LogP contribution in [-0.4, -0.2) is 21.1 Å². The summed E-state index contributed by atoms with van der Waals surface area (Å²) < 4.78 is 4.05. The Bertz CT molecular complexity index is 869. The number of halogens is 1. The van der Waals surface area contributed by atoms with E-state index in [-0.39, 0.29) is 0 Å². The predicted octanol–water partition coefficient (Wildman–Crippen LogP) is 4.51. The summed E-state index contributed by atoms with van der Waals surface area (Å²) in [4.78, 5) is 3.80. The molecule has 5 heteroatoms. The lowest BCUT2D eigenvalue weighted by atomic mass is 10.2. The van der Waals surface area contributed by atoms with E-state index < -0.39 is 0 Å². The Kier molecular flexibility index (Phi) is 4.17. The lowest BCUT2D eigenvalue weighted by Crippen LogP contribution is -2.02. The lowest BCUT2D eigenvalue weighted by molar-refractivity contribution is 0.770. The van der Waals surface area contributed by atoms with E-state index >= 15 is 0 Å². The number of benzene rings is 1. The van der Waals surface area contributed by atoms with E-state index in [1.54, 1.807) is 12.4 Å². The van der Waals surface area contributed by atoms with Crippen molar-refractivity contribution in [3.8, 4) is 17.1 Å². The first kappa shape index (κ1) is 15.3. The zero-order valence-electron chi connectivity index (χ0n) is 13.1. The Labute approximate surface area is 140 Å². The molecule has 3 rings (SSSR count). The van der Waals surface area contributed by atoms with E-state index in [9.17, 15) is 0 Å². The minimum atomic E-state index is 0.719. The Balaban J connectivity index is 2.25. The fourth-order valence-corrected chi connectivity index (χ4v) is 2.79. The van der Waals surface area contributed by atoms with E-state index in [0.29, 0.717) is 0 Å². The van der Waals surface area contributed by atoms with Gasteiger partial charge in [0.15, 0.2) is 0 Å². The zero-order chi connectivity index (χ0) is 16.4. The molecule has 2 heterocycles. The number of hydrogen-bond acceptors (Lipinski definition) is 2. The predicted molar refractivity (Wildman–Crippen MR) is 96.3 cm³/mol. The maximum Gasteiger partial charge on any atom is 0.0847 e. The van der Waals surface area contributed by atoms with Crippen LogP contribution in [0.15, 0.2) is 53.8 Å². The highest BCUT2D eigenvalue weighted by Crippen LogP contribution is 2.30. The van der Waals surface area contributed by atoms with Gasteiger partial charge in [0, 0.05) is 35.8 Å². The number of nitrogens with zero attached hydrogens (tertiary/aromatic N) is 4. The molecule has 116 valence electrons. The summed E-state index contributed by atoms with van der Waals surface area (Å²) in [6.07, 6.45) is 5.45. The molecule has 0 aliphatic heterocycles. The summed E-state index contributed by atoms with van der Waals surface area (Å²) in [7, 11) is 1.94. The van der Waals surface area contributed by atoms with Gasteiger partial charge in [-0.05, 0) is 61.7 Å². The van der Waals surface area contributed by atoms with Crippen molar-refractivity contribution >= 4 is 24.4 Å². The van der Waals surface area contributed by atoms with E-state index in [0.717, 1.165) is 33.4 Å². The largest absolute Gasteiger partial charge is 0.312 e. The molecule has 1 aromatic carbocycles. The summed E-state index contributed by atoms with van der Waals surface area (Å²) in [6.45, 7) is 5.57. The lowest BCUT2D eigenvalue weighted by Gasteiger charge is -2.12. The molecule has 2 aromatic heterocycles. The number of aromatic nitrogens is 3. The fourth-order valence-electron chi connectivity index (χ4n) is 2.66. The zero-order valence-corrected chi connectivity index (χ0v) is 13.8.